The minimum absolute atomic E-state index is 0.0417. The minimum atomic E-state index is -4.48. The number of benzene rings is 2. The van der Waals surface area contributed by atoms with Crippen molar-refractivity contribution in [1.82, 2.24) is 14.8 Å². The molecule has 0 aliphatic carbocycles. The molecule has 0 radical (unpaired) electrons. The van der Waals surface area contributed by atoms with E-state index in [0.717, 1.165) is 29.5 Å². The Labute approximate surface area is 198 Å². The summed E-state index contributed by atoms with van der Waals surface area (Å²) in [7, 11) is 0. The van der Waals surface area contributed by atoms with Crippen molar-refractivity contribution in [2.75, 3.05) is 11.1 Å². The van der Waals surface area contributed by atoms with Crippen molar-refractivity contribution in [3.8, 4) is 5.75 Å². The Hall–Kier alpha value is -2.72. The Balaban J connectivity index is 1.64. The van der Waals surface area contributed by atoms with Crippen LogP contribution in [0.3, 0.4) is 0 Å². The van der Waals surface area contributed by atoms with E-state index in [0.29, 0.717) is 28.3 Å². The first-order chi connectivity index (χ1) is 15.6. The summed E-state index contributed by atoms with van der Waals surface area (Å²) in [5.41, 5.74) is 0.142. The van der Waals surface area contributed by atoms with Gasteiger partial charge in [-0.15, -0.1) is 10.2 Å². The summed E-state index contributed by atoms with van der Waals surface area (Å²) in [6.07, 6.45) is -4.89. The third kappa shape index (κ3) is 6.42. The fourth-order valence-corrected chi connectivity index (χ4v) is 3.98. The molecule has 0 spiro atoms. The van der Waals surface area contributed by atoms with E-state index in [2.05, 4.69) is 15.5 Å². The maximum atomic E-state index is 12.8. The minimum Gasteiger partial charge on any atom is -0.483 e. The van der Waals surface area contributed by atoms with Gasteiger partial charge in [0, 0.05) is 17.3 Å². The molecule has 1 amide bonds. The van der Waals surface area contributed by atoms with Crippen molar-refractivity contribution < 1.29 is 22.7 Å². The van der Waals surface area contributed by atoms with Crippen molar-refractivity contribution in [2.24, 2.45) is 0 Å². The Morgan fingerprint density at radius 2 is 2.00 bits per heavy atom. The van der Waals surface area contributed by atoms with Crippen LogP contribution in [0.25, 0.3) is 0 Å². The molecule has 0 saturated heterocycles. The Bertz CT molecular complexity index is 1140. The number of anilines is 1. The van der Waals surface area contributed by atoms with E-state index in [-0.39, 0.29) is 11.4 Å². The van der Waals surface area contributed by atoms with Crippen molar-refractivity contribution in [3.63, 3.8) is 0 Å². The lowest BCUT2D eigenvalue weighted by Gasteiger charge is -2.16. The highest BCUT2D eigenvalue weighted by Gasteiger charge is 2.30. The molecule has 1 heterocycles. The molecule has 176 valence electrons. The van der Waals surface area contributed by atoms with Crippen LogP contribution in [0, 0.1) is 6.92 Å². The number of hydrogen-bond acceptors (Lipinski definition) is 5. The molecular weight excluding hydrogens is 477 g/mol. The Kier molecular flexibility index (Phi) is 7.91. The molecule has 1 aromatic heterocycles. The molecule has 1 atom stereocenters. The van der Waals surface area contributed by atoms with Crippen LogP contribution in [-0.2, 0) is 17.5 Å². The lowest BCUT2D eigenvalue weighted by Crippen LogP contribution is -2.16. The predicted octanol–water partition coefficient (Wildman–Crippen LogP) is 6.15. The number of carbonyl (C=O) groups is 1. The van der Waals surface area contributed by atoms with Crippen molar-refractivity contribution in [2.45, 2.75) is 44.8 Å². The molecular formula is C22H22ClF3N4O2S. The predicted molar refractivity (Wildman–Crippen MR) is 122 cm³/mol. The van der Waals surface area contributed by atoms with Crippen LogP contribution in [0.5, 0.6) is 5.75 Å². The van der Waals surface area contributed by atoms with E-state index in [4.69, 9.17) is 16.3 Å². The molecule has 0 bridgehead atoms. The van der Waals surface area contributed by atoms with E-state index in [9.17, 15) is 18.0 Å². The lowest BCUT2D eigenvalue weighted by molar-refractivity contribution is -0.137. The third-order valence-electron chi connectivity index (χ3n) is 4.67. The van der Waals surface area contributed by atoms with Gasteiger partial charge in [0.05, 0.1) is 11.3 Å². The normalized spacial score (nSPS) is 12.5. The standard InChI is InChI=1S/C22H22ClF3N4O2S/c1-4-30-20(14(3)32-17-8-9-18(23)13(2)10-17)28-29-21(30)33-12-19(31)27-16-7-5-6-15(11-16)22(24,25)26/h5-11,14H,4,12H2,1-3H3,(H,27,31). The van der Waals surface area contributed by atoms with E-state index in [1.807, 2.05) is 31.4 Å². The topological polar surface area (TPSA) is 69.0 Å². The number of nitrogens with zero attached hydrogens (tertiary/aromatic N) is 3. The number of alkyl halides is 3. The average Bonchev–Trinajstić information content (AvgIpc) is 3.17. The van der Waals surface area contributed by atoms with Gasteiger partial charge in [0.1, 0.15) is 5.75 Å². The van der Waals surface area contributed by atoms with E-state index in [1.54, 1.807) is 12.1 Å². The summed E-state index contributed by atoms with van der Waals surface area (Å²) in [4.78, 5) is 12.3. The van der Waals surface area contributed by atoms with E-state index < -0.39 is 23.8 Å². The van der Waals surface area contributed by atoms with Gasteiger partial charge in [0.15, 0.2) is 17.1 Å². The molecule has 3 rings (SSSR count). The number of rotatable bonds is 8. The Morgan fingerprint density at radius 1 is 1.24 bits per heavy atom. The first-order valence-electron chi connectivity index (χ1n) is 10.0. The molecule has 0 fully saturated rings. The van der Waals surface area contributed by atoms with Crippen LogP contribution in [0.2, 0.25) is 5.02 Å². The largest absolute Gasteiger partial charge is 0.483 e. The zero-order chi connectivity index (χ0) is 24.2. The molecule has 6 nitrogen and oxygen atoms in total. The highest BCUT2D eigenvalue weighted by Crippen LogP contribution is 2.31. The Morgan fingerprint density at radius 3 is 2.67 bits per heavy atom. The number of amides is 1. The zero-order valence-electron chi connectivity index (χ0n) is 18.1. The van der Waals surface area contributed by atoms with Crippen molar-refractivity contribution in [3.05, 3.63) is 64.4 Å². The van der Waals surface area contributed by atoms with Gasteiger partial charge in [-0.05, 0) is 62.7 Å². The molecule has 3 aromatic rings. The van der Waals surface area contributed by atoms with Gasteiger partial charge in [-0.1, -0.05) is 29.4 Å². The van der Waals surface area contributed by atoms with Gasteiger partial charge < -0.3 is 14.6 Å². The summed E-state index contributed by atoms with van der Waals surface area (Å²) in [6, 6.07) is 9.85. The second-order valence-corrected chi connectivity index (χ2v) is 8.52. The molecule has 1 unspecified atom stereocenters. The third-order valence-corrected chi connectivity index (χ3v) is 6.06. The van der Waals surface area contributed by atoms with Crippen molar-refractivity contribution >= 4 is 35.0 Å². The highest BCUT2D eigenvalue weighted by molar-refractivity contribution is 7.99. The maximum absolute atomic E-state index is 12.8. The number of thioether (sulfide) groups is 1. The molecule has 0 aliphatic heterocycles. The van der Waals surface area contributed by atoms with Gasteiger partial charge in [-0.3, -0.25) is 4.79 Å². The summed E-state index contributed by atoms with van der Waals surface area (Å²) >= 11 is 7.20. The first-order valence-corrected chi connectivity index (χ1v) is 11.4. The first kappa shape index (κ1) is 24.9. The number of ether oxygens (including phenoxy) is 1. The maximum Gasteiger partial charge on any atom is 0.416 e. The number of halogens is 4. The summed E-state index contributed by atoms with van der Waals surface area (Å²) in [5, 5.41) is 12.0. The lowest BCUT2D eigenvalue weighted by atomic mass is 10.2. The number of aromatic nitrogens is 3. The summed E-state index contributed by atoms with van der Waals surface area (Å²) in [5.74, 6) is 0.739. The number of hydrogen-bond donors (Lipinski definition) is 1. The smallest absolute Gasteiger partial charge is 0.416 e. The number of carbonyl (C=O) groups excluding carboxylic acids is 1. The monoisotopic (exact) mass is 498 g/mol. The average molecular weight is 499 g/mol. The zero-order valence-corrected chi connectivity index (χ0v) is 19.7. The second-order valence-electron chi connectivity index (χ2n) is 7.17. The van der Waals surface area contributed by atoms with E-state index in [1.165, 1.54) is 12.1 Å². The second kappa shape index (κ2) is 10.5. The number of nitrogens with one attached hydrogen (secondary N) is 1. The van der Waals surface area contributed by atoms with Crippen LogP contribution < -0.4 is 10.1 Å². The van der Waals surface area contributed by atoms with Crippen LogP contribution in [0.1, 0.15) is 36.9 Å². The fraction of sp³-hybridized carbons (Fsp3) is 0.318. The summed E-state index contributed by atoms with van der Waals surface area (Å²) < 4.78 is 46.4. The van der Waals surface area contributed by atoms with Gasteiger partial charge in [0.2, 0.25) is 5.91 Å². The highest BCUT2D eigenvalue weighted by atomic mass is 35.5. The number of aryl methyl sites for hydroxylation is 1. The van der Waals surface area contributed by atoms with Gasteiger partial charge >= 0.3 is 6.18 Å². The van der Waals surface area contributed by atoms with E-state index >= 15 is 0 Å². The van der Waals surface area contributed by atoms with Crippen LogP contribution in [0.15, 0.2) is 47.6 Å². The van der Waals surface area contributed by atoms with Crippen LogP contribution in [-0.4, -0.2) is 26.4 Å². The van der Waals surface area contributed by atoms with Crippen LogP contribution in [0.4, 0.5) is 18.9 Å². The summed E-state index contributed by atoms with van der Waals surface area (Å²) in [6.45, 7) is 6.19. The van der Waals surface area contributed by atoms with Crippen molar-refractivity contribution in [1.29, 1.82) is 0 Å². The molecule has 33 heavy (non-hydrogen) atoms. The molecule has 2 aromatic carbocycles. The molecule has 0 saturated carbocycles. The molecule has 0 aliphatic rings. The molecule has 1 N–H and O–H groups in total. The SMILES string of the molecule is CCn1c(SCC(=O)Nc2cccc(C(F)(F)F)c2)nnc1C(C)Oc1ccc(Cl)c(C)c1. The van der Waals surface area contributed by atoms with Crippen LogP contribution >= 0.6 is 23.4 Å². The molecule has 11 heteroatoms. The van der Waals surface area contributed by atoms with Gasteiger partial charge in [-0.2, -0.15) is 13.2 Å². The fourth-order valence-electron chi connectivity index (χ4n) is 3.05. The van der Waals surface area contributed by atoms with Gasteiger partial charge in [-0.25, -0.2) is 0 Å². The quantitative estimate of drug-likeness (QED) is 0.377. The van der Waals surface area contributed by atoms with Gasteiger partial charge in [0.25, 0.3) is 0 Å².